The van der Waals surface area contributed by atoms with Crippen molar-refractivity contribution in [2.75, 3.05) is 20.3 Å². The van der Waals surface area contributed by atoms with Crippen LogP contribution in [0.5, 0.6) is 0 Å². The molecular weight excluding hydrogens is 326 g/mol. The molecule has 4 rings (SSSR count). The number of esters is 1. The minimum atomic E-state index is -0.510. The quantitative estimate of drug-likeness (QED) is 0.753. The van der Waals surface area contributed by atoms with E-state index in [4.69, 9.17) is 9.47 Å². The van der Waals surface area contributed by atoms with Crippen LogP contribution in [0, 0.1) is 0 Å². The minimum absolute atomic E-state index is 0.0699. The average molecular weight is 345 g/mol. The van der Waals surface area contributed by atoms with Gasteiger partial charge in [0, 0.05) is 12.7 Å². The molecule has 132 valence electrons. The molecule has 2 aliphatic rings. The number of fused-ring (bicyclic) bond motifs is 1. The molecule has 9 heteroatoms. The second-order valence-electron chi connectivity index (χ2n) is 6.05. The van der Waals surface area contributed by atoms with Crippen molar-refractivity contribution in [2.45, 2.75) is 30.8 Å². The molecule has 4 atom stereocenters. The summed E-state index contributed by atoms with van der Waals surface area (Å²) in [5.41, 5.74) is 1.15. The van der Waals surface area contributed by atoms with E-state index in [2.05, 4.69) is 25.3 Å². The summed E-state index contributed by atoms with van der Waals surface area (Å²) in [6, 6.07) is 5.80. The van der Waals surface area contributed by atoms with Crippen LogP contribution in [0.1, 0.15) is 22.2 Å². The summed E-state index contributed by atoms with van der Waals surface area (Å²) in [4.78, 5) is 15.8. The highest BCUT2D eigenvalue weighted by molar-refractivity contribution is 5.86. The zero-order chi connectivity index (χ0) is 17.2. The van der Waals surface area contributed by atoms with E-state index >= 15 is 0 Å². The van der Waals surface area contributed by atoms with Crippen LogP contribution in [-0.2, 0) is 20.8 Å². The van der Waals surface area contributed by atoms with Gasteiger partial charge in [0.05, 0.1) is 38.3 Å². The first-order chi connectivity index (χ1) is 12.3. The molecule has 9 nitrogen and oxygen atoms in total. The van der Waals surface area contributed by atoms with E-state index in [0.29, 0.717) is 19.8 Å². The van der Waals surface area contributed by atoms with Gasteiger partial charge in [-0.05, 0) is 12.1 Å². The Hall–Kier alpha value is -2.36. The zero-order valence-electron chi connectivity index (χ0n) is 13.7. The summed E-state index contributed by atoms with van der Waals surface area (Å²) < 4.78 is 18.1. The number of methoxy groups -OCH3 is 1. The van der Waals surface area contributed by atoms with Crippen LogP contribution in [0.15, 0.2) is 30.6 Å². The predicted molar refractivity (Wildman–Crippen MR) is 84.7 cm³/mol. The number of carbonyl (C=O) groups is 1. The molecule has 0 radical (unpaired) electrons. The molecule has 0 spiro atoms. The third-order valence-corrected chi connectivity index (χ3v) is 4.54. The minimum Gasteiger partial charge on any atom is -0.464 e. The SMILES string of the molecule is COC(=O)c1cn([C@@H]2CO[C@@H]3[C@@H]2OC[C@@H]3NCc2ccccn2)nn1. The molecule has 2 aromatic heterocycles. The third kappa shape index (κ3) is 3.13. The first-order valence-electron chi connectivity index (χ1n) is 8.13. The molecule has 0 unspecified atom stereocenters. The van der Waals surface area contributed by atoms with Gasteiger partial charge in [0.15, 0.2) is 5.69 Å². The fourth-order valence-electron chi connectivity index (χ4n) is 3.26. The first kappa shape index (κ1) is 16.1. The molecule has 1 N–H and O–H groups in total. The van der Waals surface area contributed by atoms with Crippen LogP contribution in [0.2, 0.25) is 0 Å². The summed E-state index contributed by atoms with van der Waals surface area (Å²) >= 11 is 0. The Kier molecular flexibility index (Phi) is 4.43. The van der Waals surface area contributed by atoms with Gasteiger partial charge in [0.25, 0.3) is 0 Å². The summed E-state index contributed by atoms with van der Waals surface area (Å²) in [6.45, 7) is 1.67. The van der Waals surface area contributed by atoms with Gasteiger partial charge < -0.3 is 19.5 Å². The Morgan fingerprint density at radius 1 is 1.36 bits per heavy atom. The lowest BCUT2D eigenvalue weighted by molar-refractivity contribution is 0.0592. The molecule has 2 aromatic rings. The van der Waals surface area contributed by atoms with Crippen molar-refractivity contribution in [2.24, 2.45) is 0 Å². The van der Waals surface area contributed by atoms with Gasteiger partial charge in [-0.1, -0.05) is 11.3 Å². The van der Waals surface area contributed by atoms with Gasteiger partial charge in [-0.2, -0.15) is 0 Å². The number of nitrogens with zero attached hydrogens (tertiary/aromatic N) is 4. The first-order valence-corrected chi connectivity index (χ1v) is 8.13. The third-order valence-electron chi connectivity index (χ3n) is 4.54. The summed E-state index contributed by atoms with van der Waals surface area (Å²) in [5, 5.41) is 11.3. The smallest absolute Gasteiger partial charge is 0.360 e. The van der Waals surface area contributed by atoms with Crippen LogP contribution >= 0.6 is 0 Å². The Bertz CT molecular complexity index is 737. The van der Waals surface area contributed by atoms with Crippen LogP contribution in [-0.4, -0.2) is 64.5 Å². The van der Waals surface area contributed by atoms with E-state index < -0.39 is 5.97 Å². The fraction of sp³-hybridized carbons (Fsp3) is 0.500. The molecule has 0 saturated carbocycles. The molecule has 2 saturated heterocycles. The molecule has 4 heterocycles. The van der Waals surface area contributed by atoms with Crippen molar-refractivity contribution >= 4 is 5.97 Å². The van der Waals surface area contributed by atoms with Gasteiger partial charge in [-0.3, -0.25) is 4.98 Å². The topological polar surface area (TPSA) is 100 Å². The molecular formula is C16H19N5O4. The Balaban J connectivity index is 1.40. The molecule has 0 amide bonds. The van der Waals surface area contributed by atoms with Gasteiger partial charge in [0.2, 0.25) is 0 Å². The van der Waals surface area contributed by atoms with Gasteiger partial charge in [-0.15, -0.1) is 5.10 Å². The average Bonchev–Trinajstić information content (AvgIpc) is 3.36. The van der Waals surface area contributed by atoms with E-state index in [9.17, 15) is 4.79 Å². The monoisotopic (exact) mass is 345 g/mol. The van der Waals surface area contributed by atoms with E-state index in [1.54, 1.807) is 17.1 Å². The van der Waals surface area contributed by atoms with Crippen LogP contribution in [0.3, 0.4) is 0 Å². The number of hydrogen-bond acceptors (Lipinski definition) is 8. The number of nitrogens with one attached hydrogen (secondary N) is 1. The van der Waals surface area contributed by atoms with Crippen molar-refractivity contribution in [3.05, 3.63) is 42.0 Å². The largest absolute Gasteiger partial charge is 0.464 e. The number of pyridine rings is 1. The maximum absolute atomic E-state index is 11.5. The summed E-state index contributed by atoms with van der Waals surface area (Å²) in [6.07, 6.45) is 3.14. The van der Waals surface area contributed by atoms with Crippen molar-refractivity contribution in [3.63, 3.8) is 0 Å². The van der Waals surface area contributed by atoms with Gasteiger partial charge in [0.1, 0.15) is 18.2 Å². The number of ether oxygens (including phenoxy) is 3. The highest BCUT2D eigenvalue weighted by Gasteiger charge is 2.48. The predicted octanol–water partition coefficient (Wildman–Crippen LogP) is -0.0432. The lowest BCUT2D eigenvalue weighted by Crippen LogP contribution is -2.40. The van der Waals surface area contributed by atoms with E-state index in [1.165, 1.54) is 7.11 Å². The highest BCUT2D eigenvalue weighted by Crippen LogP contribution is 2.34. The van der Waals surface area contributed by atoms with Crippen molar-refractivity contribution in [3.8, 4) is 0 Å². The standard InChI is InChI=1S/C16H19N5O4/c1-23-16(22)11-7-21(20-19-11)13-9-25-14-12(8-24-15(13)14)18-6-10-4-2-3-5-17-10/h2-5,7,12-15,18H,6,8-9H2,1H3/t12-,13+,14-,15+/m0/s1. The normalized spacial score (nSPS) is 28.0. The van der Waals surface area contributed by atoms with E-state index in [1.807, 2.05) is 18.2 Å². The second-order valence-corrected chi connectivity index (χ2v) is 6.05. The van der Waals surface area contributed by atoms with Crippen molar-refractivity contribution in [1.82, 2.24) is 25.3 Å². The Morgan fingerprint density at radius 3 is 3.04 bits per heavy atom. The van der Waals surface area contributed by atoms with Crippen LogP contribution in [0.4, 0.5) is 0 Å². The van der Waals surface area contributed by atoms with Crippen molar-refractivity contribution in [1.29, 1.82) is 0 Å². The molecule has 2 aliphatic heterocycles. The summed E-state index contributed by atoms with van der Waals surface area (Å²) in [5.74, 6) is -0.510. The van der Waals surface area contributed by atoms with Crippen LogP contribution < -0.4 is 5.32 Å². The van der Waals surface area contributed by atoms with E-state index in [-0.39, 0.29) is 30.0 Å². The molecule has 2 fully saturated rings. The van der Waals surface area contributed by atoms with Crippen molar-refractivity contribution < 1.29 is 19.0 Å². The Labute approximate surface area is 144 Å². The number of carbonyl (C=O) groups excluding carboxylic acids is 1. The lowest BCUT2D eigenvalue weighted by Gasteiger charge is -2.17. The Morgan fingerprint density at radius 2 is 2.24 bits per heavy atom. The molecule has 25 heavy (non-hydrogen) atoms. The highest BCUT2D eigenvalue weighted by atomic mass is 16.6. The lowest BCUT2D eigenvalue weighted by atomic mass is 10.1. The fourth-order valence-corrected chi connectivity index (χ4v) is 3.26. The molecule has 0 bridgehead atoms. The second kappa shape index (κ2) is 6.87. The summed E-state index contributed by atoms with van der Waals surface area (Å²) in [7, 11) is 1.31. The molecule has 0 aliphatic carbocycles. The maximum atomic E-state index is 11.5. The number of rotatable bonds is 5. The van der Waals surface area contributed by atoms with E-state index in [0.717, 1.165) is 5.69 Å². The van der Waals surface area contributed by atoms with Crippen LogP contribution in [0.25, 0.3) is 0 Å². The number of aromatic nitrogens is 4. The zero-order valence-corrected chi connectivity index (χ0v) is 13.7. The van der Waals surface area contributed by atoms with Gasteiger partial charge in [-0.25, -0.2) is 9.48 Å². The number of hydrogen-bond donors (Lipinski definition) is 1. The maximum Gasteiger partial charge on any atom is 0.360 e. The van der Waals surface area contributed by atoms with Gasteiger partial charge >= 0.3 is 5.97 Å². The molecule has 0 aromatic carbocycles.